The first kappa shape index (κ1) is 29.4. The molecular formula is C22H24N6O9S3. The van der Waals surface area contributed by atoms with Crippen LogP contribution in [-0.4, -0.2) is 80.3 Å². The average Bonchev–Trinajstić information content (AvgIpc) is 3.53. The number of anilines is 1. The average molecular weight is 613 g/mol. The number of oxime groups is 1. The van der Waals surface area contributed by atoms with E-state index in [1.165, 1.54) is 35.0 Å². The van der Waals surface area contributed by atoms with Gasteiger partial charge in [-0.25, -0.2) is 18.2 Å². The Kier molecular flexibility index (Phi) is 8.74. The number of aliphatic carboxylic acids is 1. The molecule has 0 unspecified atom stereocenters. The maximum atomic E-state index is 13.0. The number of nitrogens with two attached hydrogens (primary N) is 1. The van der Waals surface area contributed by atoms with E-state index < -0.39 is 39.6 Å². The Bertz CT molecular complexity index is 1510. The van der Waals surface area contributed by atoms with E-state index in [1.54, 1.807) is 5.38 Å². The Morgan fingerprint density at radius 2 is 2.12 bits per heavy atom. The van der Waals surface area contributed by atoms with Crippen LogP contribution in [0.2, 0.25) is 0 Å². The number of carbonyl (C=O) groups is 3. The number of amides is 2. The summed E-state index contributed by atoms with van der Waals surface area (Å²) in [6.07, 6.45) is 5.01. The molecule has 18 heteroatoms. The van der Waals surface area contributed by atoms with E-state index in [-0.39, 0.29) is 22.2 Å². The highest BCUT2D eigenvalue weighted by Gasteiger charge is 2.55. The molecule has 0 radical (unpaired) electrons. The number of hydrogen-bond acceptors (Lipinski definition) is 12. The summed E-state index contributed by atoms with van der Waals surface area (Å²) in [6.45, 7) is 0.404. The van der Waals surface area contributed by atoms with Gasteiger partial charge in [0.2, 0.25) is 10.4 Å². The second kappa shape index (κ2) is 11.9. The largest absolute Gasteiger partial charge is 0.726 e. The molecule has 2 aromatic heterocycles. The van der Waals surface area contributed by atoms with Gasteiger partial charge in [0, 0.05) is 34.8 Å². The summed E-state index contributed by atoms with van der Waals surface area (Å²) >= 11 is 2.57. The van der Waals surface area contributed by atoms with Gasteiger partial charge in [-0.1, -0.05) is 5.16 Å². The number of carboxylic acids is 1. The number of aryl methyl sites for hydroxylation is 1. The van der Waals surface area contributed by atoms with E-state index in [9.17, 15) is 19.5 Å². The number of nitrogens with one attached hydrogen (secondary N) is 1. The lowest BCUT2D eigenvalue weighted by molar-refractivity contribution is -0.696. The van der Waals surface area contributed by atoms with E-state index in [2.05, 4.69) is 26.1 Å². The van der Waals surface area contributed by atoms with Crippen LogP contribution in [0.5, 0.6) is 0 Å². The Morgan fingerprint density at radius 3 is 2.75 bits per heavy atom. The van der Waals surface area contributed by atoms with E-state index in [4.69, 9.17) is 28.1 Å². The lowest BCUT2D eigenvalue weighted by atomic mass is 10.0. The molecule has 2 aliphatic heterocycles. The van der Waals surface area contributed by atoms with Gasteiger partial charge in [-0.2, -0.15) is 4.57 Å². The van der Waals surface area contributed by atoms with Crippen LogP contribution in [0.3, 0.4) is 0 Å². The predicted molar refractivity (Wildman–Crippen MR) is 141 cm³/mol. The molecule has 0 aromatic carbocycles. The summed E-state index contributed by atoms with van der Waals surface area (Å²) in [5, 5.41) is 17.7. The zero-order chi connectivity index (χ0) is 29.2. The van der Waals surface area contributed by atoms with Crippen LogP contribution in [0.1, 0.15) is 23.4 Å². The zero-order valence-electron chi connectivity index (χ0n) is 20.8. The Hall–Kier alpha value is -3.58. The van der Waals surface area contributed by atoms with Gasteiger partial charge in [-0.3, -0.25) is 19.0 Å². The van der Waals surface area contributed by atoms with Crippen molar-refractivity contribution in [2.75, 3.05) is 18.6 Å². The molecule has 1 aliphatic carbocycles. The van der Waals surface area contributed by atoms with Crippen molar-refractivity contribution in [1.29, 1.82) is 0 Å². The molecule has 5 rings (SSSR count). The maximum absolute atomic E-state index is 13.0. The van der Waals surface area contributed by atoms with Crippen LogP contribution in [0, 0.1) is 0 Å². The molecule has 2 atom stereocenters. The van der Waals surface area contributed by atoms with Gasteiger partial charge in [0.15, 0.2) is 29.3 Å². The van der Waals surface area contributed by atoms with Crippen LogP contribution in [0.15, 0.2) is 40.1 Å². The molecule has 5 N–H and O–H groups in total. The number of thioether (sulfide) groups is 1. The molecule has 40 heavy (non-hydrogen) atoms. The Balaban J connectivity index is 0.000000681. The van der Waals surface area contributed by atoms with Crippen molar-refractivity contribution in [3.63, 3.8) is 0 Å². The zero-order valence-corrected chi connectivity index (χ0v) is 23.3. The number of fused-ring (bicyclic) bond motifs is 2. The molecule has 1 saturated heterocycles. The van der Waals surface area contributed by atoms with Crippen LogP contribution in [0.4, 0.5) is 5.13 Å². The van der Waals surface area contributed by atoms with Crippen molar-refractivity contribution < 1.29 is 46.4 Å². The molecule has 0 bridgehead atoms. The maximum Gasteiger partial charge on any atom is 0.352 e. The lowest BCUT2D eigenvalue weighted by Crippen LogP contribution is -2.71. The van der Waals surface area contributed by atoms with Crippen molar-refractivity contribution in [2.45, 2.75) is 37.2 Å². The molecule has 1 fully saturated rings. The van der Waals surface area contributed by atoms with Gasteiger partial charge < -0.3 is 25.5 Å². The van der Waals surface area contributed by atoms with E-state index in [0.29, 0.717) is 17.9 Å². The van der Waals surface area contributed by atoms with Gasteiger partial charge in [0.25, 0.3) is 11.8 Å². The number of carbonyl (C=O) groups excluding carboxylic acids is 2. The number of pyridine rings is 1. The minimum Gasteiger partial charge on any atom is -0.726 e. The first-order chi connectivity index (χ1) is 18.9. The number of carboxylic acid groups (broad SMARTS) is 1. The molecule has 0 spiro atoms. The second-order valence-electron chi connectivity index (χ2n) is 8.70. The van der Waals surface area contributed by atoms with Crippen molar-refractivity contribution in [2.24, 2.45) is 5.16 Å². The number of rotatable bonds is 7. The first-order valence-electron chi connectivity index (χ1n) is 11.6. The van der Waals surface area contributed by atoms with Gasteiger partial charge in [0.05, 0.1) is 0 Å². The van der Waals surface area contributed by atoms with E-state index in [1.807, 2.05) is 12.3 Å². The van der Waals surface area contributed by atoms with Gasteiger partial charge in [-0.15, -0.1) is 23.1 Å². The molecule has 15 nitrogen and oxygen atoms in total. The van der Waals surface area contributed by atoms with E-state index >= 15 is 0 Å². The van der Waals surface area contributed by atoms with Gasteiger partial charge >= 0.3 is 5.97 Å². The molecule has 3 aliphatic rings. The number of hydrogen-bond donors (Lipinski definition) is 4. The number of nitrogen functional groups attached to an aromatic ring is 1. The van der Waals surface area contributed by atoms with E-state index in [0.717, 1.165) is 30.6 Å². The lowest BCUT2D eigenvalue weighted by Gasteiger charge is -2.49. The third-order valence-electron chi connectivity index (χ3n) is 6.20. The topological polar surface area (TPSA) is 229 Å². The summed E-state index contributed by atoms with van der Waals surface area (Å²) < 4.78 is 34.9. The molecule has 2 aromatic rings. The highest BCUT2D eigenvalue weighted by molar-refractivity contribution is 8.00. The third-order valence-corrected chi connectivity index (χ3v) is 8.21. The summed E-state index contributed by atoms with van der Waals surface area (Å²) in [5.41, 5.74) is 8.92. The number of aromatic nitrogens is 2. The minimum atomic E-state index is -4.92. The highest BCUT2D eigenvalue weighted by Crippen LogP contribution is 2.40. The first-order valence-corrected chi connectivity index (χ1v) is 14.9. The molecule has 0 saturated carbocycles. The van der Waals surface area contributed by atoms with Crippen molar-refractivity contribution in [3.05, 3.63) is 51.9 Å². The summed E-state index contributed by atoms with van der Waals surface area (Å²) in [5.74, 6) is -1.86. The smallest absolute Gasteiger partial charge is 0.352 e. The quantitative estimate of drug-likeness (QED) is 0.0759. The summed E-state index contributed by atoms with van der Waals surface area (Å²) in [4.78, 5) is 48.2. The standard InChI is InChI=1S/C22H22N6O5S2.H2O4S/c1-33-26-15(13-10-35-22(23)24-13)18(29)25-16-19(30)28-17(21(31)32)12(9-34-20(16)28)8-27-7-3-5-11-4-2-6-14(11)27;1-5(2,3)4/h3,5,7,10,16,20H,2,4,6,8-9H2,1H3,(H3-,23,24,25,29,31,32);(H2,1,2,3,4)/b26-15-;/t16-,20-;/m0./s1. The summed E-state index contributed by atoms with van der Waals surface area (Å²) in [7, 11) is -3.62. The van der Waals surface area contributed by atoms with Crippen LogP contribution < -0.4 is 15.6 Å². The fourth-order valence-electron chi connectivity index (χ4n) is 4.67. The fraction of sp³-hybridized carbons (Fsp3) is 0.364. The van der Waals surface area contributed by atoms with Crippen molar-refractivity contribution in [1.82, 2.24) is 15.2 Å². The third kappa shape index (κ3) is 6.41. The van der Waals surface area contributed by atoms with Gasteiger partial charge in [0.1, 0.15) is 29.9 Å². The molecule has 4 heterocycles. The van der Waals surface area contributed by atoms with Gasteiger partial charge in [-0.05, 0) is 18.9 Å². The Labute approximate surface area is 236 Å². The molecule has 2 amide bonds. The SMILES string of the molecule is CO/N=C(\C(=O)N[C@H]1C(=O)N2C(C(=O)O)=C(C[n+]3cccc4c3CCC4)CS[C@@H]12)c1csc(N)n1.O=S(=O)([O-])O. The fourth-order valence-corrected chi connectivity index (χ4v) is 6.56. The summed E-state index contributed by atoms with van der Waals surface area (Å²) in [6, 6.07) is 3.18. The van der Waals surface area contributed by atoms with Crippen molar-refractivity contribution in [3.8, 4) is 0 Å². The Morgan fingerprint density at radius 1 is 1.40 bits per heavy atom. The monoisotopic (exact) mass is 612 g/mol. The minimum absolute atomic E-state index is 0.00888. The van der Waals surface area contributed by atoms with Crippen LogP contribution in [-0.2, 0) is 49.0 Å². The van der Waals surface area contributed by atoms with Crippen molar-refractivity contribution >= 4 is 62.1 Å². The number of β-lactam (4-membered cyclic amide) rings is 1. The van der Waals surface area contributed by atoms with Crippen LogP contribution in [0.25, 0.3) is 0 Å². The normalized spacial score (nSPS) is 20.1. The molecule has 214 valence electrons. The van der Waals surface area contributed by atoms with Crippen LogP contribution >= 0.6 is 23.1 Å². The molecular weight excluding hydrogens is 588 g/mol. The predicted octanol–water partition coefficient (Wildman–Crippen LogP) is -0.705. The number of thiazole rings is 1. The number of nitrogens with zero attached hydrogens (tertiary/aromatic N) is 4. The highest BCUT2D eigenvalue weighted by atomic mass is 32.3. The second-order valence-corrected chi connectivity index (χ2v) is 11.6.